The van der Waals surface area contributed by atoms with E-state index in [1.165, 1.54) is 4.90 Å². The van der Waals surface area contributed by atoms with Gasteiger partial charge in [-0.3, -0.25) is 9.59 Å². The molecule has 1 atom stereocenters. The number of nitrogens with zero attached hydrogens (tertiary/aromatic N) is 1. The molecular formula is C14H17NO5S. The van der Waals surface area contributed by atoms with Crippen molar-refractivity contribution in [2.24, 2.45) is 0 Å². The molecule has 0 spiro atoms. The summed E-state index contributed by atoms with van der Waals surface area (Å²) in [4.78, 5) is 24.1. The number of ether oxygens (including phenoxy) is 1. The Bertz CT molecular complexity index is 641. The summed E-state index contributed by atoms with van der Waals surface area (Å²) in [7, 11) is -1.44. The van der Waals surface area contributed by atoms with Gasteiger partial charge in [0, 0.05) is 18.7 Å². The molecule has 2 rings (SSSR count). The van der Waals surface area contributed by atoms with Crippen molar-refractivity contribution in [3.8, 4) is 5.75 Å². The molecule has 1 fully saturated rings. The van der Waals surface area contributed by atoms with E-state index in [1.807, 2.05) is 0 Å². The molecule has 0 bridgehead atoms. The van der Waals surface area contributed by atoms with E-state index in [-0.39, 0.29) is 30.1 Å². The van der Waals surface area contributed by atoms with E-state index in [2.05, 4.69) is 0 Å². The first-order valence-corrected chi connectivity index (χ1v) is 8.37. The summed E-state index contributed by atoms with van der Waals surface area (Å²) in [5.41, 5.74) is 0.468. The van der Waals surface area contributed by atoms with Crippen molar-refractivity contribution >= 4 is 22.0 Å². The Morgan fingerprint density at radius 1 is 1.48 bits per heavy atom. The third kappa shape index (κ3) is 4.04. The highest BCUT2D eigenvalue weighted by molar-refractivity contribution is 7.91. The van der Waals surface area contributed by atoms with E-state index < -0.39 is 9.84 Å². The lowest BCUT2D eigenvalue weighted by Crippen LogP contribution is -2.40. The number of carbonyl (C=O) groups is 2. The lowest BCUT2D eigenvalue weighted by Gasteiger charge is -2.23. The van der Waals surface area contributed by atoms with Gasteiger partial charge in [0.25, 0.3) is 5.91 Å². The maximum Gasteiger partial charge on any atom is 0.260 e. The maximum atomic E-state index is 12.0. The molecule has 1 aromatic rings. The number of likely N-dealkylation sites (N-methyl/N-ethyl adjacent to an activating group) is 1. The average Bonchev–Trinajstić information content (AvgIpc) is 2.84. The second kappa shape index (κ2) is 6.26. The average molecular weight is 311 g/mol. The van der Waals surface area contributed by atoms with Crippen molar-refractivity contribution in [2.75, 3.05) is 25.2 Å². The highest BCUT2D eigenvalue weighted by Crippen LogP contribution is 2.17. The molecule has 1 amide bonds. The van der Waals surface area contributed by atoms with Crippen LogP contribution in [0.1, 0.15) is 16.8 Å². The fourth-order valence-corrected chi connectivity index (χ4v) is 3.98. The topological polar surface area (TPSA) is 80.8 Å². The molecule has 114 valence electrons. The van der Waals surface area contributed by atoms with Crippen molar-refractivity contribution in [2.45, 2.75) is 12.5 Å². The SMILES string of the molecule is CN(C(=O)COc1cccc(C=O)c1)[C@H]1CCS(=O)(=O)C1. The summed E-state index contributed by atoms with van der Waals surface area (Å²) in [5, 5.41) is 0. The molecule has 1 aliphatic heterocycles. The fraction of sp³-hybridized carbons (Fsp3) is 0.429. The maximum absolute atomic E-state index is 12.0. The Hall–Kier alpha value is -1.89. The number of rotatable bonds is 5. The zero-order valence-corrected chi connectivity index (χ0v) is 12.5. The third-order valence-corrected chi connectivity index (χ3v) is 5.26. The summed E-state index contributed by atoms with van der Waals surface area (Å²) >= 11 is 0. The second-order valence-corrected chi connectivity index (χ2v) is 7.27. The largest absolute Gasteiger partial charge is 0.484 e. The van der Waals surface area contributed by atoms with Crippen LogP contribution >= 0.6 is 0 Å². The van der Waals surface area contributed by atoms with Gasteiger partial charge < -0.3 is 9.64 Å². The summed E-state index contributed by atoms with van der Waals surface area (Å²) in [6.07, 6.45) is 1.16. The summed E-state index contributed by atoms with van der Waals surface area (Å²) < 4.78 is 28.2. The molecule has 1 aromatic carbocycles. The van der Waals surface area contributed by atoms with Crippen LogP contribution in [0.4, 0.5) is 0 Å². The lowest BCUT2D eigenvalue weighted by atomic mass is 10.2. The number of amides is 1. The molecule has 0 saturated carbocycles. The minimum atomic E-state index is -3.02. The number of hydrogen-bond donors (Lipinski definition) is 0. The van der Waals surface area contributed by atoms with E-state index in [0.717, 1.165) is 0 Å². The highest BCUT2D eigenvalue weighted by Gasteiger charge is 2.32. The van der Waals surface area contributed by atoms with Crippen molar-refractivity contribution in [3.63, 3.8) is 0 Å². The van der Waals surface area contributed by atoms with Gasteiger partial charge in [0.1, 0.15) is 12.0 Å². The number of benzene rings is 1. The Kier molecular flexibility index (Phi) is 4.62. The first kappa shape index (κ1) is 15.5. The highest BCUT2D eigenvalue weighted by atomic mass is 32.2. The Labute approximate surface area is 123 Å². The van der Waals surface area contributed by atoms with Crippen LogP contribution in [-0.2, 0) is 14.6 Å². The number of carbonyl (C=O) groups excluding carboxylic acids is 2. The molecule has 1 saturated heterocycles. The predicted molar refractivity (Wildman–Crippen MR) is 77.2 cm³/mol. The minimum Gasteiger partial charge on any atom is -0.484 e. The molecule has 21 heavy (non-hydrogen) atoms. The van der Waals surface area contributed by atoms with E-state index in [4.69, 9.17) is 4.74 Å². The molecule has 0 radical (unpaired) electrons. The van der Waals surface area contributed by atoms with Crippen LogP contribution in [-0.4, -0.2) is 56.7 Å². The van der Waals surface area contributed by atoms with Crippen LogP contribution in [0.3, 0.4) is 0 Å². The van der Waals surface area contributed by atoms with Crippen LogP contribution in [0.2, 0.25) is 0 Å². The Morgan fingerprint density at radius 3 is 2.86 bits per heavy atom. The Balaban J connectivity index is 1.91. The second-order valence-electron chi connectivity index (χ2n) is 5.04. The normalized spacial score (nSPS) is 20.0. The zero-order chi connectivity index (χ0) is 15.5. The standard InChI is InChI=1S/C14H17NO5S/c1-15(12-5-6-21(18,19)10-12)14(17)9-20-13-4-2-3-11(7-13)8-16/h2-4,7-8,12H,5-6,9-10H2,1H3/t12-/m0/s1. The first-order chi connectivity index (χ1) is 9.91. The van der Waals surface area contributed by atoms with Crippen LogP contribution in [0.25, 0.3) is 0 Å². The van der Waals surface area contributed by atoms with Gasteiger partial charge in [0.15, 0.2) is 16.4 Å². The van der Waals surface area contributed by atoms with Crippen molar-refractivity contribution in [1.29, 1.82) is 0 Å². The minimum absolute atomic E-state index is 0.00979. The molecular weight excluding hydrogens is 294 g/mol. The van der Waals surface area contributed by atoms with E-state index in [0.29, 0.717) is 24.0 Å². The van der Waals surface area contributed by atoms with Crippen LogP contribution in [0.5, 0.6) is 5.75 Å². The number of hydrogen-bond acceptors (Lipinski definition) is 5. The van der Waals surface area contributed by atoms with E-state index in [9.17, 15) is 18.0 Å². The first-order valence-electron chi connectivity index (χ1n) is 6.55. The van der Waals surface area contributed by atoms with Gasteiger partial charge in [-0.2, -0.15) is 0 Å². The van der Waals surface area contributed by atoms with Gasteiger partial charge in [-0.1, -0.05) is 12.1 Å². The molecule has 0 aromatic heterocycles. The lowest BCUT2D eigenvalue weighted by molar-refractivity contribution is -0.133. The van der Waals surface area contributed by atoms with Gasteiger partial charge in [-0.25, -0.2) is 8.42 Å². The summed E-state index contributed by atoms with van der Waals surface area (Å²) in [6, 6.07) is 6.21. The molecule has 0 N–H and O–H groups in total. The molecule has 1 aliphatic rings. The molecule has 0 unspecified atom stereocenters. The van der Waals surface area contributed by atoms with E-state index >= 15 is 0 Å². The van der Waals surface area contributed by atoms with Crippen LogP contribution in [0, 0.1) is 0 Å². The van der Waals surface area contributed by atoms with Crippen molar-refractivity contribution in [1.82, 2.24) is 4.90 Å². The molecule has 7 heteroatoms. The van der Waals surface area contributed by atoms with Gasteiger partial charge in [-0.05, 0) is 18.6 Å². The summed E-state index contributed by atoms with van der Waals surface area (Å²) in [5.74, 6) is 0.280. The van der Waals surface area contributed by atoms with Gasteiger partial charge >= 0.3 is 0 Å². The zero-order valence-electron chi connectivity index (χ0n) is 11.7. The molecule has 0 aliphatic carbocycles. The monoisotopic (exact) mass is 311 g/mol. The van der Waals surface area contributed by atoms with Gasteiger partial charge in [-0.15, -0.1) is 0 Å². The van der Waals surface area contributed by atoms with Gasteiger partial charge in [0.05, 0.1) is 11.5 Å². The smallest absolute Gasteiger partial charge is 0.260 e. The predicted octanol–water partition coefficient (Wildman–Crippen LogP) is 0.523. The number of aldehydes is 1. The van der Waals surface area contributed by atoms with Crippen molar-refractivity contribution in [3.05, 3.63) is 29.8 Å². The fourth-order valence-electron chi connectivity index (χ4n) is 2.21. The van der Waals surface area contributed by atoms with Crippen LogP contribution in [0.15, 0.2) is 24.3 Å². The van der Waals surface area contributed by atoms with Crippen LogP contribution < -0.4 is 4.74 Å². The van der Waals surface area contributed by atoms with Gasteiger partial charge in [0.2, 0.25) is 0 Å². The number of sulfone groups is 1. The van der Waals surface area contributed by atoms with E-state index in [1.54, 1.807) is 31.3 Å². The van der Waals surface area contributed by atoms with Crippen molar-refractivity contribution < 1.29 is 22.7 Å². The summed E-state index contributed by atoms with van der Waals surface area (Å²) in [6.45, 7) is -0.185. The molecule has 6 nitrogen and oxygen atoms in total. The molecule has 1 heterocycles. The quantitative estimate of drug-likeness (QED) is 0.741. The third-order valence-electron chi connectivity index (χ3n) is 3.51. The Morgan fingerprint density at radius 2 is 2.24 bits per heavy atom.